The van der Waals surface area contributed by atoms with Crippen LogP contribution in [0.5, 0.6) is 11.5 Å². The SMILES string of the molecule is CN(C)CC(=O)N1CCC(C2=C3C=NC=C[N+]3(N)C(c3ccc(Oc4ccccc4)cc3)=N2)CC1. The van der Waals surface area contributed by atoms with E-state index in [2.05, 4.69) is 4.99 Å². The predicted octanol–water partition coefficient (Wildman–Crippen LogP) is 3.50. The molecule has 3 heterocycles. The summed E-state index contributed by atoms with van der Waals surface area (Å²) in [5.74, 6) is 9.60. The summed E-state index contributed by atoms with van der Waals surface area (Å²) in [7, 11) is 3.84. The van der Waals surface area contributed by atoms with Gasteiger partial charge < -0.3 is 14.5 Å². The van der Waals surface area contributed by atoms with Crippen LogP contribution >= 0.6 is 0 Å². The normalized spacial score (nSPS) is 21.9. The van der Waals surface area contributed by atoms with E-state index in [1.807, 2.05) is 90.9 Å². The van der Waals surface area contributed by atoms with Crippen molar-refractivity contribution in [3.05, 3.63) is 84.0 Å². The second-order valence-corrected chi connectivity index (χ2v) is 9.39. The molecule has 35 heavy (non-hydrogen) atoms. The van der Waals surface area contributed by atoms with Crippen molar-refractivity contribution in [3.8, 4) is 11.5 Å². The lowest BCUT2D eigenvalue weighted by molar-refractivity contribution is -0.750. The molecule has 0 radical (unpaired) electrons. The number of carbonyl (C=O) groups is 1. The minimum Gasteiger partial charge on any atom is -0.457 e. The average Bonchev–Trinajstić information content (AvgIpc) is 3.18. The van der Waals surface area contributed by atoms with Gasteiger partial charge in [0.2, 0.25) is 11.6 Å². The first kappa shape index (κ1) is 23.2. The number of benzene rings is 2. The van der Waals surface area contributed by atoms with Crippen LogP contribution in [0, 0.1) is 5.92 Å². The third-order valence-electron chi connectivity index (χ3n) is 6.60. The summed E-state index contributed by atoms with van der Waals surface area (Å²) in [5.41, 5.74) is 2.80. The third kappa shape index (κ3) is 4.68. The number of para-hydroxylation sites is 1. The first-order valence-corrected chi connectivity index (χ1v) is 11.9. The van der Waals surface area contributed by atoms with Crippen molar-refractivity contribution in [2.75, 3.05) is 33.7 Å². The Labute approximate surface area is 205 Å². The number of likely N-dealkylation sites (N-methyl/N-ethyl adjacent to an activating group) is 1. The van der Waals surface area contributed by atoms with Gasteiger partial charge in [0.25, 0.3) is 5.84 Å². The van der Waals surface area contributed by atoms with Gasteiger partial charge in [0.15, 0.2) is 0 Å². The molecule has 3 aliphatic rings. The van der Waals surface area contributed by atoms with E-state index in [0.717, 1.165) is 60.2 Å². The molecule has 0 spiro atoms. The van der Waals surface area contributed by atoms with Crippen LogP contribution in [-0.2, 0) is 4.79 Å². The van der Waals surface area contributed by atoms with Crippen LogP contribution in [-0.4, -0.2) is 66.1 Å². The molecule has 1 amide bonds. The molecule has 2 aromatic rings. The molecule has 180 valence electrons. The van der Waals surface area contributed by atoms with Crippen LogP contribution in [0.25, 0.3) is 0 Å². The van der Waals surface area contributed by atoms with E-state index < -0.39 is 0 Å². The van der Waals surface area contributed by atoms with Crippen LogP contribution in [0.15, 0.2) is 88.4 Å². The minimum absolute atomic E-state index is 0.00248. The zero-order chi connectivity index (χ0) is 24.4. The maximum Gasteiger partial charge on any atom is 0.264 e. The van der Waals surface area contributed by atoms with Crippen molar-refractivity contribution in [3.63, 3.8) is 0 Å². The fraction of sp³-hybridized carbons (Fsp3) is 0.296. The van der Waals surface area contributed by atoms with Crippen molar-refractivity contribution >= 4 is 18.0 Å². The quantitative estimate of drug-likeness (QED) is 0.516. The molecular weight excluding hydrogens is 440 g/mol. The van der Waals surface area contributed by atoms with Gasteiger partial charge in [-0.15, -0.1) is 4.59 Å². The molecule has 5 rings (SSSR count). The summed E-state index contributed by atoms with van der Waals surface area (Å²) in [5, 5.41) is 0. The molecule has 2 aromatic carbocycles. The van der Waals surface area contributed by atoms with Gasteiger partial charge in [0.1, 0.15) is 23.4 Å². The van der Waals surface area contributed by atoms with E-state index in [9.17, 15) is 4.79 Å². The molecule has 0 aliphatic carbocycles. The summed E-state index contributed by atoms with van der Waals surface area (Å²) in [6.07, 6.45) is 7.12. The second kappa shape index (κ2) is 9.58. The van der Waals surface area contributed by atoms with Gasteiger partial charge in [-0.2, -0.15) is 10.8 Å². The Kier molecular flexibility index (Phi) is 6.34. The zero-order valence-electron chi connectivity index (χ0n) is 20.2. The highest BCUT2D eigenvalue weighted by molar-refractivity contribution is 6.00. The molecular formula is C27H31N6O2+. The number of ether oxygens (including phenoxy) is 1. The fourth-order valence-electron chi connectivity index (χ4n) is 4.78. The van der Waals surface area contributed by atoms with Crippen molar-refractivity contribution in [2.45, 2.75) is 12.8 Å². The average molecular weight is 472 g/mol. The number of piperidine rings is 1. The number of fused-ring (bicyclic) bond motifs is 1. The van der Waals surface area contributed by atoms with Gasteiger partial charge in [-0.05, 0) is 63.3 Å². The second-order valence-electron chi connectivity index (χ2n) is 9.39. The summed E-state index contributed by atoms with van der Waals surface area (Å²) in [6.45, 7) is 1.88. The number of amidine groups is 1. The number of carbonyl (C=O) groups excluding carboxylic acids is 1. The Balaban J connectivity index is 1.36. The van der Waals surface area contributed by atoms with E-state index in [-0.39, 0.29) is 16.4 Å². The number of aliphatic imine (C=N–C) groups is 2. The van der Waals surface area contributed by atoms with Gasteiger partial charge in [0.05, 0.1) is 24.5 Å². The highest BCUT2D eigenvalue weighted by Gasteiger charge is 2.46. The molecule has 1 unspecified atom stereocenters. The van der Waals surface area contributed by atoms with Crippen molar-refractivity contribution in [1.82, 2.24) is 9.80 Å². The van der Waals surface area contributed by atoms with Crippen molar-refractivity contribution in [2.24, 2.45) is 21.7 Å². The summed E-state index contributed by atoms with van der Waals surface area (Å²) >= 11 is 0. The number of allylic oxidation sites excluding steroid dienone is 2. The lowest BCUT2D eigenvalue weighted by Gasteiger charge is -2.32. The van der Waals surface area contributed by atoms with E-state index in [4.69, 9.17) is 15.6 Å². The van der Waals surface area contributed by atoms with E-state index in [1.165, 1.54) is 0 Å². The number of amides is 1. The Morgan fingerprint density at radius 2 is 1.77 bits per heavy atom. The molecule has 0 saturated carbocycles. The Morgan fingerprint density at radius 1 is 1.09 bits per heavy atom. The highest BCUT2D eigenvalue weighted by Crippen LogP contribution is 2.38. The minimum atomic E-state index is -0.00248. The van der Waals surface area contributed by atoms with Crippen molar-refractivity contribution < 1.29 is 14.1 Å². The smallest absolute Gasteiger partial charge is 0.264 e. The molecule has 1 fully saturated rings. The predicted molar refractivity (Wildman–Crippen MR) is 136 cm³/mol. The number of hydrogen-bond donors (Lipinski definition) is 1. The standard InChI is InChI=1S/C27H31N6O2/c1-31(2)19-25(34)32-15-12-20(13-16-32)26-24-18-29-14-17-33(24,28)27(30-26)21-8-10-23(11-9-21)35-22-6-4-3-5-7-22/h3-11,14,17-18,20H,12-13,15-16,19,28H2,1-2H3/q+1. The van der Waals surface area contributed by atoms with E-state index >= 15 is 0 Å². The first-order valence-electron chi connectivity index (χ1n) is 11.9. The molecule has 0 aromatic heterocycles. The Bertz CT molecular complexity index is 1210. The lowest BCUT2D eigenvalue weighted by atomic mass is 9.92. The highest BCUT2D eigenvalue weighted by atomic mass is 16.5. The number of quaternary nitrogens is 1. The molecule has 0 bridgehead atoms. The maximum atomic E-state index is 12.5. The van der Waals surface area contributed by atoms with Crippen LogP contribution in [0.2, 0.25) is 0 Å². The Hall–Kier alpha value is -3.59. The number of hydrogen-bond acceptors (Lipinski definition) is 6. The fourth-order valence-corrected chi connectivity index (χ4v) is 4.78. The summed E-state index contributed by atoms with van der Waals surface area (Å²) in [6, 6.07) is 17.6. The van der Waals surface area contributed by atoms with Crippen LogP contribution in [0.4, 0.5) is 0 Å². The number of nitrogens with zero attached hydrogens (tertiary/aromatic N) is 5. The largest absolute Gasteiger partial charge is 0.457 e. The summed E-state index contributed by atoms with van der Waals surface area (Å²) in [4.78, 5) is 25.8. The van der Waals surface area contributed by atoms with Gasteiger partial charge in [-0.25, -0.2) is 0 Å². The molecule has 1 atom stereocenters. The van der Waals surface area contributed by atoms with Gasteiger partial charge in [-0.1, -0.05) is 18.2 Å². The lowest BCUT2D eigenvalue weighted by Crippen LogP contribution is -2.53. The van der Waals surface area contributed by atoms with E-state index in [1.54, 1.807) is 6.20 Å². The molecule has 2 N–H and O–H groups in total. The third-order valence-corrected chi connectivity index (χ3v) is 6.60. The molecule has 1 saturated heterocycles. The zero-order valence-corrected chi connectivity index (χ0v) is 20.2. The maximum absolute atomic E-state index is 12.5. The number of nitrogens with two attached hydrogens (primary N) is 1. The van der Waals surface area contributed by atoms with E-state index in [0.29, 0.717) is 6.54 Å². The van der Waals surface area contributed by atoms with Crippen molar-refractivity contribution in [1.29, 1.82) is 0 Å². The first-order chi connectivity index (χ1) is 16.9. The van der Waals surface area contributed by atoms with Gasteiger partial charge >= 0.3 is 0 Å². The molecule has 8 heteroatoms. The van der Waals surface area contributed by atoms with Crippen LogP contribution in [0.1, 0.15) is 18.4 Å². The number of rotatable bonds is 6. The van der Waals surface area contributed by atoms with Gasteiger partial charge in [0, 0.05) is 19.0 Å². The van der Waals surface area contributed by atoms with Gasteiger partial charge in [-0.3, -0.25) is 9.79 Å². The monoisotopic (exact) mass is 471 g/mol. The Morgan fingerprint density at radius 3 is 2.46 bits per heavy atom. The number of likely N-dealkylation sites (tertiary alicyclic amines) is 1. The van der Waals surface area contributed by atoms with Crippen LogP contribution < -0.4 is 10.6 Å². The summed E-state index contributed by atoms with van der Waals surface area (Å²) < 4.78 is 5.94. The van der Waals surface area contributed by atoms with Crippen LogP contribution in [0.3, 0.4) is 0 Å². The topological polar surface area (TPSA) is 83.5 Å². The molecule has 8 nitrogen and oxygen atoms in total. The molecule has 3 aliphatic heterocycles.